The van der Waals surface area contributed by atoms with Crippen molar-refractivity contribution in [3.63, 3.8) is 0 Å². The maximum atomic E-state index is 14.1. The van der Waals surface area contributed by atoms with E-state index in [1.807, 2.05) is 37.3 Å². The maximum Gasteiger partial charge on any atom is 0.281 e. The predicted octanol–water partition coefficient (Wildman–Crippen LogP) is 5.11. The van der Waals surface area contributed by atoms with Crippen molar-refractivity contribution < 1.29 is 9.18 Å². The van der Waals surface area contributed by atoms with E-state index in [2.05, 4.69) is 35.2 Å². The van der Waals surface area contributed by atoms with Crippen molar-refractivity contribution in [1.29, 1.82) is 0 Å². The monoisotopic (exact) mass is 373 g/mol. The highest BCUT2D eigenvalue weighted by atomic mass is 19.1. The molecule has 0 aliphatic heterocycles. The Labute approximate surface area is 162 Å². The molecule has 0 aliphatic rings. The van der Waals surface area contributed by atoms with E-state index in [1.54, 1.807) is 0 Å². The summed E-state index contributed by atoms with van der Waals surface area (Å²) in [5.74, 6) is -0.961. The van der Waals surface area contributed by atoms with Crippen molar-refractivity contribution in [3.8, 4) is 0 Å². The van der Waals surface area contributed by atoms with Gasteiger partial charge in [0, 0.05) is 17.5 Å². The molecule has 1 atom stereocenters. The predicted molar refractivity (Wildman–Crippen MR) is 107 cm³/mol. The molecule has 2 aromatic carbocycles. The van der Waals surface area contributed by atoms with E-state index in [0.29, 0.717) is 5.52 Å². The highest BCUT2D eigenvalue weighted by molar-refractivity contribution is 6.02. The fourth-order valence-corrected chi connectivity index (χ4v) is 3.81. The number of carbonyl (C=O) groups excluding carboxylic acids is 1. The third-order valence-corrected chi connectivity index (χ3v) is 5.10. The summed E-state index contributed by atoms with van der Waals surface area (Å²) in [6.07, 6.45) is 3.36. The Hall–Kier alpha value is -3.34. The zero-order valence-electron chi connectivity index (χ0n) is 15.8. The van der Waals surface area contributed by atoms with Crippen molar-refractivity contribution in [1.82, 2.24) is 14.8 Å². The number of fused-ring (bicyclic) bond motifs is 1. The number of hydrogen-bond donors (Lipinski definition) is 0. The summed E-state index contributed by atoms with van der Waals surface area (Å²) in [5.41, 5.74) is 3.74. The second-order valence-corrected chi connectivity index (χ2v) is 6.77. The van der Waals surface area contributed by atoms with Crippen molar-refractivity contribution >= 4 is 16.8 Å². The Balaban J connectivity index is 1.89. The first kappa shape index (κ1) is 18.0. The Morgan fingerprint density at radius 1 is 1.11 bits per heavy atom. The largest absolute Gasteiger partial charge is 0.281 e. The van der Waals surface area contributed by atoms with Crippen molar-refractivity contribution in [2.75, 3.05) is 0 Å². The minimum Gasteiger partial charge on any atom is -0.267 e. The molecule has 0 aliphatic carbocycles. The van der Waals surface area contributed by atoms with Crippen molar-refractivity contribution in [2.24, 2.45) is 0 Å². The van der Waals surface area contributed by atoms with Crippen LogP contribution in [0.15, 0.2) is 67.0 Å². The van der Waals surface area contributed by atoms with Gasteiger partial charge in [0.05, 0.1) is 23.0 Å². The lowest BCUT2D eigenvalue weighted by Crippen LogP contribution is -2.15. The first-order valence-corrected chi connectivity index (χ1v) is 9.29. The molecule has 0 saturated heterocycles. The molecule has 140 valence electrons. The van der Waals surface area contributed by atoms with Crippen LogP contribution in [0.3, 0.4) is 0 Å². The van der Waals surface area contributed by atoms with E-state index in [9.17, 15) is 9.18 Å². The zero-order chi connectivity index (χ0) is 19.7. The summed E-state index contributed by atoms with van der Waals surface area (Å²) < 4.78 is 15.4. The third-order valence-electron chi connectivity index (χ3n) is 5.10. The van der Waals surface area contributed by atoms with Gasteiger partial charge < -0.3 is 0 Å². The van der Waals surface area contributed by atoms with Gasteiger partial charge in [-0.2, -0.15) is 9.78 Å². The molecule has 0 N–H and O–H groups in total. The molecule has 4 rings (SSSR count). The van der Waals surface area contributed by atoms with E-state index in [4.69, 9.17) is 0 Å². The van der Waals surface area contributed by atoms with Gasteiger partial charge >= 0.3 is 0 Å². The molecule has 4 aromatic rings. The summed E-state index contributed by atoms with van der Waals surface area (Å²) in [4.78, 5) is 16.7. The quantitative estimate of drug-likeness (QED) is 0.499. The van der Waals surface area contributed by atoms with Gasteiger partial charge in [-0.3, -0.25) is 9.78 Å². The van der Waals surface area contributed by atoms with Crippen LogP contribution < -0.4 is 0 Å². The van der Waals surface area contributed by atoms with Gasteiger partial charge in [0.2, 0.25) is 0 Å². The van der Waals surface area contributed by atoms with Crippen LogP contribution in [0.25, 0.3) is 10.9 Å². The first-order chi connectivity index (χ1) is 13.6. The molecule has 0 bridgehead atoms. The number of hydrogen-bond acceptors (Lipinski definition) is 3. The average molecular weight is 373 g/mol. The lowest BCUT2D eigenvalue weighted by Gasteiger charge is -2.17. The maximum absolute atomic E-state index is 14.1. The van der Waals surface area contributed by atoms with Crippen LogP contribution in [-0.4, -0.2) is 20.7 Å². The molecule has 0 saturated carbocycles. The molecular weight excluding hydrogens is 353 g/mol. The molecule has 2 heterocycles. The number of halogens is 1. The number of nitrogens with zero attached hydrogens (tertiary/aromatic N) is 3. The zero-order valence-corrected chi connectivity index (χ0v) is 15.8. The SMILES string of the molecule is CCC(c1ccccc1)c1cccc2c1c(C)nn2C(=O)c1ccncc1F. The normalized spacial score (nSPS) is 12.2. The summed E-state index contributed by atoms with van der Waals surface area (Å²) >= 11 is 0. The van der Waals surface area contributed by atoms with Gasteiger partial charge in [-0.1, -0.05) is 49.4 Å². The molecule has 0 radical (unpaired) electrons. The fraction of sp³-hybridized carbons (Fsp3) is 0.174. The summed E-state index contributed by atoms with van der Waals surface area (Å²) in [5, 5.41) is 5.40. The van der Waals surface area contributed by atoms with E-state index in [-0.39, 0.29) is 11.5 Å². The second-order valence-electron chi connectivity index (χ2n) is 6.77. The molecule has 2 aromatic heterocycles. The van der Waals surface area contributed by atoms with Crippen LogP contribution >= 0.6 is 0 Å². The van der Waals surface area contributed by atoms with Crippen LogP contribution in [0.4, 0.5) is 4.39 Å². The second kappa shape index (κ2) is 7.35. The van der Waals surface area contributed by atoms with Gasteiger partial charge in [0.1, 0.15) is 0 Å². The lowest BCUT2D eigenvalue weighted by molar-refractivity contribution is 0.0946. The number of benzene rings is 2. The molecule has 5 heteroatoms. The Morgan fingerprint density at radius 2 is 1.89 bits per heavy atom. The number of carbonyl (C=O) groups is 1. The van der Waals surface area contributed by atoms with Gasteiger partial charge in [-0.15, -0.1) is 0 Å². The highest BCUT2D eigenvalue weighted by Crippen LogP contribution is 2.34. The van der Waals surface area contributed by atoms with E-state index < -0.39 is 11.7 Å². The Morgan fingerprint density at radius 3 is 2.61 bits per heavy atom. The topological polar surface area (TPSA) is 47.8 Å². The van der Waals surface area contributed by atoms with Crippen LogP contribution in [0.2, 0.25) is 0 Å². The minimum absolute atomic E-state index is 0.0418. The molecule has 0 fully saturated rings. The fourth-order valence-electron chi connectivity index (χ4n) is 3.81. The van der Waals surface area contributed by atoms with Crippen LogP contribution in [0.1, 0.15) is 46.4 Å². The number of aryl methyl sites for hydroxylation is 1. The number of aromatic nitrogens is 3. The minimum atomic E-state index is -0.652. The first-order valence-electron chi connectivity index (χ1n) is 9.29. The van der Waals surface area contributed by atoms with E-state index in [0.717, 1.165) is 29.3 Å². The van der Waals surface area contributed by atoms with E-state index in [1.165, 1.54) is 22.5 Å². The molecule has 0 spiro atoms. The van der Waals surface area contributed by atoms with Gasteiger partial charge in [0.25, 0.3) is 5.91 Å². The Bertz CT molecular complexity index is 1150. The number of pyridine rings is 1. The number of rotatable bonds is 4. The molecule has 1 unspecified atom stereocenters. The summed E-state index contributed by atoms with van der Waals surface area (Å²) in [6.45, 7) is 4.03. The van der Waals surface area contributed by atoms with Gasteiger partial charge in [-0.05, 0) is 36.6 Å². The highest BCUT2D eigenvalue weighted by Gasteiger charge is 2.22. The molecule has 28 heavy (non-hydrogen) atoms. The standard InChI is InChI=1S/C23H20FN3O/c1-3-17(16-8-5-4-6-9-16)18-10-7-11-21-22(18)15(2)26-27(21)23(28)19-12-13-25-14-20(19)24/h4-14,17H,3H2,1-2H3. The Kier molecular flexibility index (Phi) is 4.74. The van der Waals surface area contributed by atoms with Crippen LogP contribution in [0, 0.1) is 12.7 Å². The molecule has 0 amide bonds. The van der Waals surface area contributed by atoms with Crippen LogP contribution in [0.5, 0.6) is 0 Å². The summed E-state index contributed by atoms with van der Waals surface area (Å²) in [6, 6.07) is 17.5. The lowest BCUT2D eigenvalue weighted by atomic mass is 9.87. The summed E-state index contributed by atoms with van der Waals surface area (Å²) in [7, 11) is 0. The van der Waals surface area contributed by atoms with E-state index >= 15 is 0 Å². The molecular formula is C23H20FN3O. The van der Waals surface area contributed by atoms with Gasteiger partial charge in [0.15, 0.2) is 5.82 Å². The van der Waals surface area contributed by atoms with Gasteiger partial charge in [-0.25, -0.2) is 4.39 Å². The molecule has 4 nitrogen and oxygen atoms in total. The van der Waals surface area contributed by atoms with Crippen molar-refractivity contribution in [3.05, 3.63) is 95.2 Å². The third kappa shape index (κ3) is 2.99. The average Bonchev–Trinajstić information content (AvgIpc) is 3.07. The van der Waals surface area contributed by atoms with Crippen molar-refractivity contribution in [2.45, 2.75) is 26.2 Å². The smallest absolute Gasteiger partial charge is 0.267 e. The van der Waals surface area contributed by atoms with Crippen LogP contribution in [-0.2, 0) is 0 Å².